The van der Waals surface area contributed by atoms with E-state index in [4.69, 9.17) is 5.84 Å². The summed E-state index contributed by atoms with van der Waals surface area (Å²) in [5.74, 6) is 5.99. The molecule has 1 aliphatic rings. The molecule has 1 amide bonds. The van der Waals surface area contributed by atoms with Gasteiger partial charge in [0.2, 0.25) is 11.9 Å². The summed E-state index contributed by atoms with van der Waals surface area (Å²) in [6, 6.07) is 7.59. The van der Waals surface area contributed by atoms with Crippen LogP contribution in [0, 0.1) is 0 Å². The second-order valence-corrected chi connectivity index (χ2v) is 4.35. The van der Waals surface area contributed by atoms with Gasteiger partial charge >= 0.3 is 0 Å². The lowest BCUT2D eigenvalue weighted by Crippen LogP contribution is -2.50. The first-order valence-corrected chi connectivity index (χ1v) is 6.43. The van der Waals surface area contributed by atoms with Crippen LogP contribution in [0.5, 0.6) is 0 Å². The van der Waals surface area contributed by atoms with Crippen molar-refractivity contribution in [1.82, 2.24) is 5.43 Å². The standard InChI is InChI=1S/C13H19N5O/c1-2-3-8-15-13(17-14)18-9-12(19)16-10-6-4-5-7-11(10)18/h4-7H,2-3,8-9,14H2,1H3,(H,15,17)(H,16,19). The highest BCUT2D eigenvalue weighted by Crippen LogP contribution is 2.28. The molecule has 0 bridgehead atoms. The van der Waals surface area contributed by atoms with Crippen LogP contribution in [0.3, 0.4) is 0 Å². The van der Waals surface area contributed by atoms with Gasteiger partial charge in [0.15, 0.2) is 0 Å². The summed E-state index contributed by atoms with van der Waals surface area (Å²) >= 11 is 0. The van der Waals surface area contributed by atoms with Gasteiger partial charge < -0.3 is 10.2 Å². The third-order valence-corrected chi connectivity index (χ3v) is 2.93. The Kier molecular flexibility index (Phi) is 4.35. The fourth-order valence-electron chi connectivity index (χ4n) is 1.97. The Morgan fingerprint density at radius 1 is 1.53 bits per heavy atom. The summed E-state index contributed by atoms with van der Waals surface area (Å²) in [4.78, 5) is 17.9. The Morgan fingerprint density at radius 3 is 3.05 bits per heavy atom. The van der Waals surface area contributed by atoms with Crippen LogP contribution in [0.2, 0.25) is 0 Å². The van der Waals surface area contributed by atoms with Crippen LogP contribution in [-0.2, 0) is 4.79 Å². The van der Waals surface area contributed by atoms with Gasteiger partial charge in [0.1, 0.15) is 6.54 Å². The first kappa shape index (κ1) is 13.4. The van der Waals surface area contributed by atoms with Crippen molar-refractivity contribution in [2.45, 2.75) is 19.8 Å². The zero-order valence-corrected chi connectivity index (χ0v) is 11.0. The lowest BCUT2D eigenvalue weighted by atomic mass is 10.2. The maximum Gasteiger partial charge on any atom is 0.244 e. The molecule has 4 N–H and O–H groups in total. The van der Waals surface area contributed by atoms with Crippen LogP contribution >= 0.6 is 0 Å². The largest absolute Gasteiger partial charge is 0.323 e. The molecule has 0 aromatic heterocycles. The molecule has 6 nitrogen and oxygen atoms in total. The van der Waals surface area contributed by atoms with Gasteiger partial charge in [0.05, 0.1) is 11.4 Å². The molecule has 1 heterocycles. The van der Waals surface area contributed by atoms with E-state index in [-0.39, 0.29) is 12.5 Å². The number of nitrogens with two attached hydrogens (primary N) is 1. The lowest BCUT2D eigenvalue weighted by molar-refractivity contribution is -0.115. The predicted molar refractivity (Wildman–Crippen MR) is 77.0 cm³/mol. The predicted octanol–water partition coefficient (Wildman–Crippen LogP) is 1.06. The van der Waals surface area contributed by atoms with E-state index in [1.165, 1.54) is 0 Å². The number of nitrogens with zero attached hydrogens (tertiary/aromatic N) is 2. The zero-order chi connectivity index (χ0) is 13.7. The second kappa shape index (κ2) is 6.19. The summed E-state index contributed by atoms with van der Waals surface area (Å²) in [5.41, 5.74) is 4.26. The van der Waals surface area contributed by atoms with E-state index < -0.39 is 0 Å². The SMILES string of the molecule is CCCCN=C(NN)N1CC(=O)Nc2ccccc21. The summed E-state index contributed by atoms with van der Waals surface area (Å²) in [5, 5.41) is 2.83. The number of rotatable bonds is 3. The number of carbonyl (C=O) groups excluding carboxylic acids is 1. The minimum Gasteiger partial charge on any atom is -0.323 e. The molecule has 0 spiro atoms. The van der Waals surface area contributed by atoms with E-state index in [1.807, 2.05) is 24.3 Å². The number of fused-ring (bicyclic) bond motifs is 1. The van der Waals surface area contributed by atoms with Crippen molar-refractivity contribution in [3.63, 3.8) is 0 Å². The number of unbranched alkanes of at least 4 members (excludes halogenated alkanes) is 1. The molecule has 19 heavy (non-hydrogen) atoms. The van der Waals surface area contributed by atoms with Crippen molar-refractivity contribution in [2.24, 2.45) is 10.8 Å². The van der Waals surface area contributed by atoms with Crippen molar-refractivity contribution in [2.75, 3.05) is 23.3 Å². The molecule has 102 valence electrons. The molecule has 0 unspecified atom stereocenters. The number of carbonyl (C=O) groups is 1. The highest BCUT2D eigenvalue weighted by Gasteiger charge is 2.24. The van der Waals surface area contributed by atoms with Gasteiger partial charge in [-0.3, -0.25) is 15.2 Å². The number of hydrogen-bond acceptors (Lipinski definition) is 3. The average Bonchev–Trinajstić information content (AvgIpc) is 2.43. The van der Waals surface area contributed by atoms with Crippen molar-refractivity contribution in [3.8, 4) is 0 Å². The fraction of sp³-hybridized carbons (Fsp3) is 0.385. The van der Waals surface area contributed by atoms with E-state index in [9.17, 15) is 4.79 Å². The minimum absolute atomic E-state index is 0.0721. The number of amides is 1. The number of guanidine groups is 1. The highest BCUT2D eigenvalue weighted by atomic mass is 16.2. The number of aliphatic imine (C=N–C) groups is 1. The summed E-state index contributed by atoms with van der Waals surface area (Å²) in [6.07, 6.45) is 2.06. The van der Waals surface area contributed by atoms with E-state index in [1.54, 1.807) is 4.90 Å². The summed E-state index contributed by atoms with van der Waals surface area (Å²) < 4.78 is 0. The first-order chi connectivity index (χ1) is 9.26. The Labute approximate surface area is 112 Å². The van der Waals surface area contributed by atoms with E-state index in [0.717, 1.165) is 24.2 Å². The Bertz CT molecular complexity index is 486. The molecule has 0 saturated carbocycles. The minimum atomic E-state index is -0.0721. The third-order valence-electron chi connectivity index (χ3n) is 2.93. The Morgan fingerprint density at radius 2 is 2.32 bits per heavy atom. The van der Waals surface area contributed by atoms with Crippen molar-refractivity contribution >= 4 is 23.2 Å². The van der Waals surface area contributed by atoms with Crippen LogP contribution in [0.4, 0.5) is 11.4 Å². The topological polar surface area (TPSA) is 82.8 Å². The fourth-order valence-corrected chi connectivity index (χ4v) is 1.97. The van der Waals surface area contributed by atoms with Crippen LogP contribution in [0.1, 0.15) is 19.8 Å². The zero-order valence-electron chi connectivity index (χ0n) is 11.0. The number of benzene rings is 1. The number of hydrazine groups is 1. The van der Waals surface area contributed by atoms with E-state index in [2.05, 4.69) is 22.7 Å². The molecular weight excluding hydrogens is 242 g/mol. The smallest absolute Gasteiger partial charge is 0.244 e. The summed E-state index contributed by atoms with van der Waals surface area (Å²) in [6.45, 7) is 3.01. The van der Waals surface area contributed by atoms with Gasteiger partial charge in [-0.05, 0) is 18.6 Å². The molecular formula is C13H19N5O. The van der Waals surface area contributed by atoms with Gasteiger partial charge in [-0.1, -0.05) is 25.5 Å². The normalized spacial score (nSPS) is 14.9. The maximum atomic E-state index is 11.7. The third kappa shape index (κ3) is 3.03. The van der Waals surface area contributed by atoms with Crippen LogP contribution in [0.25, 0.3) is 0 Å². The molecule has 0 fully saturated rings. The highest BCUT2D eigenvalue weighted by molar-refractivity contribution is 6.10. The van der Waals surface area contributed by atoms with E-state index >= 15 is 0 Å². The number of anilines is 2. The van der Waals surface area contributed by atoms with Gasteiger partial charge in [0, 0.05) is 6.54 Å². The van der Waals surface area contributed by atoms with Gasteiger partial charge in [0.25, 0.3) is 0 Å². The van der Waals surface area contributed by atoms with Gasteiger partial charge in [-0.15, -0.1) is 0 Å². The molecule has 1 aromatic carbocycles. The van der Waals surface area contributed by atoms with Crippen LogP contribution in [-0.4, -0.2) is 25.0 Å². The Hall–Kier alpha value is -2.08. The van der Waals surface area contributed by atoms with Crippen LogP contribution in [0.15, 0.2) is 29.3 Å². The van der Waals surface area contributed by atoms with Crippen LogP contribution < -0.4 is 21.5 Å². The molecule has 2 rings (SSSR count). The van der Waals surface area contributed by atoms with Crippen molar-refractivity contribution in [1.29, 1.82) is 0 Å². The second-order valence-electron chi connectivity index (χ2n) is 4.35. The van der Waals surface area contributed by atoms with Gasteiger partial charge in [-0.2, -0.15) is 0 Å². The van der Waals surface area contributed by atoms with E-state index in [0.29, 0.717) is 12.5 Å². The van der Waals surface area contributed by atoms with Crippen molar-refractivity contribution < 1.29 is 4.79 Å². The molecule has 1 aliphatic heterocycles. The monoisotopic (exact) mass is 261 g/mol. The number of para-hydroxylation sites is 2. The molecule has 6 heteroatoms. The quantitative estimate of drug-likeness (QED) is 0.250. The molecule has 0 atom stereocenters. The molecule has 1 aromatic rings. The maximum absolute atomic E-state index is 11.7. The summed E-state index contributed by atoms with van der Waals surface area (Å²) in [7, 11) is 0. The lowest BCUT2D eigenvalue weighted by Gasteiger charge is -2.31. The molecule has 0 saturated heterocycles. The van der Waals surface area contributed by atoms with Gasteiger partial charge in [-0.25, -0.2) is 5.84 Å². The first-order valence-electron chi connectivity index (χ1n) is 6.43. The van der Waals surface area contributed by atoms with Crippen molar-refractivity contribution in [3.05, 3.63) is 24.3 Å². The number of hydrogen-bond donors (Lipinski definition) is 3. The average molecular weight is 261 g/mol. The molecule has 0 radical (unpaired) electrons. The Balaban J connectivity index is 2.27. The number of nitrogens with one attached hydrogen (secondary N) is 2. The molecule has 0 aliphatic carbocycles.